The normalized spacial score (nSPS) is 9.73. The molecule has 0 saturated heterocycles. The van der Waals surface area contributed by atoms with Crippen molar-refractivity contribution in [2.75, 3.05) is 26.6 Å². The van der Waals surface area contributed by atoms with Crippen molar-refractivity contribution in [2.24, 2.45) is 0 Å². The SMILES string of the molecule is COc1cc(NCc2ccc(C#N)cc2)cc(OC)c1OC. The lowest BCUT2D eigenvalue weighted by molar-refractivity contribution is 0.324. The van der Waals surface area contributed by atoms with Crippen LogP contribution in [0.15, 0.2) is 36.4 Å². The van der Waals surface area contributed by atoms with Crippen molar-refractivity contribution in [3.8, 4) is 23.3 Å². The van der Waals surface area contributed by atoms with E-state index in [1.54, 1.807) is 33.5 Å². The van der Waals surface area contributed by atoms with Crippen molar-refractivity contribution in [1.29, 1.82) is 5.26 Å². The van der Waals surface area contributed by atoms with Gasteiger partial charge in [0.05, 0.1) is 33.0 Å². The fourth-order valence-corrected chi connectivity index (χ4v) is 2.08. The molecule has 1 N–H and O–H groups in total. The maximum absolute atomic E-state index is 8.80. The molecule has 0 fully saturated rings. The van der Waals surface area contributed by atoms with E-state index >= 15 is 0 Å². The van der Waals surface area contributed by atoms with Gasteiger partial charge in [0.15, 0.2) is 11.5 Å². The number of benzene rings is 2. The lowest BCUT2D eigenvalue weighted by atomic mass is 10.1. The number of hydrogen-bond acceptors (Lipinski definition) is 5. The molecule has 0 saturated carbocycles. The topological polar surface area (TPSA) is 63.5 Å². The third-order valence-corrected chi connectivity index (χ3v) is 3.24. The molecule has 0 radical (unpaired) electrons. The molecular formula is C17H18N2O3. The Bertz CT molecular complexity index is 650. The highest BCUT2D eigenvalue weighted by molar-refractivity contribution is 5.62. The van der Waals surface area contributed by atoms with Crippen LogP contribution in [0.1, 0.15) is 11.1 Å². The number of ether oxygens (including phenoxy) is 3. The van der Waals surface area contributed by atoms with Gasteiger partial charge < -0.3 is 19.5 Å². The van der Waals surface area contributed by atoms with Crippen molar-refractivity contribution in [1.82, 2.24) is 0 Å². The van der Waals surface area contributed by atoms with Crippen LogP contribution < -0.4 is 19.5 Å². The summed E-state index contributed by atoms with van der Waals surface area (Å²) in [5, 5.41) is 12.1. The highest BCUT2D eigenvalue weighted by atomic mass is 16.5. The number of methoxy groups -OCH3 is 3. The first-order valence-electron chi connectivity index (χ1n) is 6.74. The van der Waals surface area contributed by atoms with Crippen LogP contribution in [0.25, 0.3) is 0 Å². The highest BCUT2D eigenvalue weighted by Gasteiger charge is 2.12. The molecule has 0 unspecified atom stereocenters. The molecule has 0 heterocycles. The quantitative estimate of drug-likeness (QED) is 0.887. The van der Waals surface area contributed by atoms with E-state index in [-0.39, 0.29) is 0 Å². The summed E-state index contributed by atoms with van der Waals surface area (Å²) in [6, 6.07) is 13.2. The van der Waals surface area contributed by atoms with Gasteiger partial charge in [-0.3, -0.25) is 0 Å². The van der Waals surface area contributed by atoms with Crippen molar-refractivity contribution in [3.63, 3.8) is 0 Å². The zero-order valence-corrected chi connectivity index (χ0v) is 12.8. The molecule has 114 valence electrons. The predicted molar refractivity (Wildman–Crippen MR) is 84.6 cm³/mol. The molecule has 0 aromatic heterocycles. The second kappa shape index (κ2) is 7.23. The van der Waals surface area contributed by atoms with E-state index in [9.17, 15) is 0 Å². The predicted octanol–water partition coefficient (Wildman–Crippen LogP) is 3.20. The van der Waals surface area contributed by atoms with E-state index in [4.69, 9.17) is 19.5 Å². The van der Waals surface area contributed by atoms with Crippen molar-refractivity contribution in [2.45, 2.75) is 6.54 Å². The van der Waals surface area contributed by atoms with Crippen LogP contribution in [0.4, 0.5) is 5.69 Å². The number of hydrogen-bond donors (Lipinski definition) is 1. The minimum Gasteiger partial charge on any atom is -0.493 e. The number of nitrogens with zero attached hydrogens (tertiary/aromatic N) is 1. The fraction of sp³-hybridized carbons (Fsp3) is 0.235. The molecular weight excluding hydrogens is 280 g/mol. The molecule has 5 nitrogen and oxygen atoms in total. The van der Waals surface area contributed by atoms with Crippen molar-refractivity contribution in [3.05, 3.63) is 47.5 Å². The Morgan fingerprint density at radius 3 is 2.00 bits per heavy atom. The second-order valence-corrected chi connectivity index (χ2v) is 4.58. The fourth-order valence-electron chi connectivity index (χ4n) is 2.08. The maximum atomic E-state index is 8.80. The van der Waals surface area contributed by atoms with Gasteiger partial charge in [0.2, 0.25) is 5.75 Å². The minimum atomic E-state index is 0.564. The van der Waals surface area contributed by atoms with E-state index in [0.29, 0.717) is 29.4 Å². The van der Waals surface area contributed by atoms with Crippen LogP contribution in [0, 0.1) is 11.3 Å². The standard InChI is InChI=1S/C17H18N2O3/c1-20-15-8-14(9-16(21-2)17(15)22-3)19-11-13-6-4-12(10-18)5-7-13/h4-9,19H,11H2,1-3H3. The molecule has 0 aliphatic carbocycles. The Kier molecular flexibility index (Phi) is 5.10. The van der Waals surface area contributed by atoms with Crippen LogP contribution >= 0.6 is 0 Å². The number of rotatable bonds is 6. The summed E-state index contributed by atoms with van der Waals surface area (Å²) in [7, 11) is 4.74. The van der Waals surface area contributed by atoms with Gasteiger partial charge in [0.25, 0.3) is 0 Å². The molecule has 0 amide bonds. The summed E-state index contributed by atoms with van der Waals surface area (Å²) in [4.78, 5) is 0. The maximum Gasteiger partial charge on any atom is 0.203 e. The van der Waals surface area contributed by atoms with Gasteiger partial charge in [-0.15, -0.1) is 0 Å². The summed E-state index contributed by atoms with van der Waals surface area (Å²) in [5.41, 5.74) is 2.59. The average molecular weight is 298 g/mol. The molecule has 5 heteroatoms. The van der Waals surface area contributed by atoms with Crippen molar-refractivity contribution < 1.29 is 14.2 Å². The first-order chi connectivity index (χ1) is 10.7. The zero-order valence-electron chi connectivity index (χ0n) is 12.8. The lowest BCUT2D eigenvalue weighted by Gasteiger charge is -2.15. The van der Waals surface area contributed by atoms with Crippen LogP contribution in [-0.4, -0.2) is 21.3 Å². The largest absolute Gasteiger partial charge is 0.493 e. The number of anilines is 1. The smallest absolute Gasteiger partial charge is 0.203 e. The van der Waals surface area contributed by atoms with Gasteiger partial charge in [-0.25, -0.2) is 0 Å². The summed E-state index contributed by atoms with van der Waals surface area (Å²) < 4.78 is 15.9. The molecule has 2 rings (SSSR count). The molecule has 0 spiro atoms. The van der Waals surface area contributed by atoms with Gasteiger partial charge in [-0.1, -0.05) is 12.1 Å². The van der Waals surface area contributed by atoms with Crippen LogP contribution in [0.5, 0.6) is 17.2 Å². The first kappa shape index (κ1) is 15.5. The third-order valence-electron chi connectivity index (χ3n) is 3.24. The molecule has 0 aliphatic rings. The van der Waals surface area contributed by atoms with E-state index < -0.39 is 0 Å². The summed E-state index contributed by atoms with van der Waals surface area (Å²) in [5.74, 6) is 1.77. The van der Waals surface area contributed by atoms with Gasteiger partial charge >= 0.3 is 0 Å². The first-order valence-corrected chi connectivity index (χ1v) is 6.74. The highest BCUT2D eigenvalue weighted by Crippen LogP contribution is 2.39. The molecule has 22 heavy (non-hydrogen) atoms. The molecule has 0 bridgehead atoms. The van der Waals surface area contributed by atoms with E-state index in [0.717, 1.165) is 11.3 Å². The monoisotopic (exact) mass is 298 g/mol. The number of nitriles is 1. The second-order valence-electron chi connectivity index (χ2n) is 4.58. The molecule has 0 atom stereocenters. The minimum absolute atomic E-state index is 0.564. The summed E-state index contributed by atoms with van der Waals surface area (Å²) in [6.45, 7) is 0.629. The molecule has 2 aromatic rings. The zero-order chi connectivity index (χ0) is 15.9. The molecule has 0 aliphatic heterocycles. The van der Waals surface area contributed by atoms with E-state index in [2.05, 4.69) is 11.4 Å². The Hall–Kier alpha value is -2.87. The van der Waals surface area contributed by atoms with Gasteiger partial charge in [-0.05, 0) is 17.7 Å². The van der Waals surface area contributed by atoms with Gasteiger partial charge in [0, 0.05) is 24.4 Å². The Morgan fingerprint density at radius 1 is 0.955 bits per heavy atom. The molecule has 2 aromatic carbocycles. The van der Waals surface area contributed by atoms with Crippen LogP contribution in [-0.2, 0) is 6.54 Å². The average Bonchev–Trinajstić information content (AvgIpc) is 2.59. The Labute approximate surface area is 130 Å². The van der Waals surface area contributed by atoms with E-state index in [1.807, 2.05) is 24.3 Å². The number of nitrogens with one attached hydrogen (secondary N) is 1. The summed E-state index contributed by atoms with van der Waals surface area (Å²) in [6.07, 6.45) is 0. The van der Waals surface area contributed by atoms with E-state index in [1.165, 1.54) is 0 Å². The van der Waals surface area contributed by atoms with Gasteiger partial charge in [0.1, 0.15) is 0 Å². The Balaban J connectivity index is 2.16. The third kappa shape index (κ3) is 3.41. The van der Waals surface area contributed by atoms with Crippen LogP contribution in [0.3, 0.4) is 0 Å². The van der Waals surface area contributed by atoms with Gasteiger partial charge in [-0.2, -0.15) is 5.26 Å². The lowest BCUT2D eigenvalue weighted by Crippen LogP contribution is -2.02. The van der Waals surface area contributed by atoms with Crippen LogP contribution in [0.2, 0.25) is 0 Å². The summed E-state index contributed by atoms with van der Waals surface area (Å²) >= 11 is 0. The Morgan fingerprint density at radius 2 is 1.55 bits per heavy atom. The van der Waals surface area contributed by atoms with Crippen molar-refractivity contribution >= 4 is 5.69 Å².